The molecule has 0 aliphatic heterocycles. The Morgan fingerprint density at radius 1 is 1.62 bits per heavy atom. The number of nitriles is 1. The summed E-state index contributed by atoms with van der Waals surface area (Å²) >= 11 is 3.30. The van der Waals surface area contributed by atoms with Crippen molar-refractivity contribution in [3.8, 4) is 11.8 Å². The molecular weight excluding hydrogens is 270 g/mol. The van der Waals surface area contributed by atoms with Gasteiger partial charge in [0.05, 0.1) is 5.56 Å². The van der Waals surface area contributed by atoms with Crippen molar-refractivity contribution in [3.63, 3.8) is 0 Å². The molecule has 0 heterocycles. The second-order valence-electron chi connectivity index (χ2n) is 3.34. The lowest BCUT2D eigenvalue weighted by Crippen LogP contribution is -2.14. The predicted octanol–water partition coefficient (Wildman–Crippen LogP) is 3.33. The number of halogens is 1. The summed E-state index contributed by atoms with van der Waals surface area (Å²) in [7, 11) is 0. The van der Waals surface area contributed by atoms with E-state index in [4.69, 9.17) is 10.00 Å². The van der Waals surface area contributed by atoms with Gasteiger partial charge in [-0.25, -0.2) is 0 Å². The Morgan fingerprint density at radius 3 is 2.81 bits per heavy atom. The summed E-state index contributed by atoms with van der Waals surface area (Å²) in [4.78, 5) is 11.4. The summed E-state index contributed by atoms with van der Waals surface area (Å²) in [6, 6.07) is 7.20. The van der Waals surface area contributed by atoms with Gasteiger partial charge >= 0.3 is 0 Å². The van der Waals surface area contributed by atoms with Crippen LogP contribution in [0.15, 0.2) is 22.7 Å². The molecule has 0 bridgehead atoms. The van der Waals surface area contributed by atoms with Gasteiger partial charge in [0.25, 0.3) is 0 Å². The van der Waals surface area contributed by atoms with Crippen LogP contribution in [-0.4, -0.2) is 11.9 Å². The lowest BCUT2D eigenvalue weighted by Gasteiger charge is -2.13. The monoisotopic (exact) mass is 281 g/mol. The minimum atomic E-state index is -0.521. The molecule has 0 spiro atoms. The molecule has 16 heavy (non-hydrogen) atoms. The molecule has 0 amide bonds. The number of carbonyl (C=O) groups excluding carboxylic acids is 1. The van der Waals surface area contributed by atoms with Crippen LogP contribution in [0, 0.1) is 11.3 Å². The zero-order valence-electron chi connectivity index (χ0n) is 9.16. The van der Waals surface area contributed by atoms with Gasteiger partial charge in [-0.3, -0.25) is 4.79 Å². The average Bonchev–Trinajstić information content (AvgIpc) is 2.25. The van der Waals surface area contributed by atoms with Crippen LogP contribution < -0.4 is 4.74 Å². The molecule has 1 rings (SSSR count). The quantitative estimate of drug-likeness (QED) is 0.796. The number of benzene rings is 1. The van der Waals surface area contributed by atoms with E-state index >= 15 is 0 Å². The number of ether oxygens (including phenoxy) is 1. The minimum absolute atomic E-state index is 0.0738. The van der Waals surface area contributed by atoms with E-state index in [0.29, 0.717) is 17.7 Å². The largest absolute Gasteiger partial charge is 0.475 e. The van der Waals surface area contributed by atoms with Gasteiger partial charge < -0.3 is 4.74 Å². The Balaban J connectivity index is 3.06. The molecule has 0 aliphatic rings. The Kier molecular flexibility index (Phi) is 4.51. The van der Waals surface area contributed by atoms with Gasteiger partial charge in [-0.1, -0.05) is 22.9 Å². The van der Waals surface area contributed by atoms with Crippen LogP contribution in [0.25, 0.3) is 0 Å². The SMILES string of the molecule is CCC(C#N)Oc1cc(Br)ccc1C(C)=O. The third-order valence-electron chi connectivity index (χ3n) is 2.11. The number of nitrogens with zero attached hydrogens (tertiary/aromatic N) is 1. The van der Waals surface area contributed by atoms with E-state index < -0.39 is 6.10 Å². The van der Waals surface area contributed by atoms with Crippen molar-refractivity contribution in [1.29, 1.82) is 5.26 Å². The first-order valence-electron chi connectivity index (χ1n) is 4.95. The molecule has 0 radical (unpaired) electrons. The Labute approximate surface area is 103 Å². The Hall–Kier alpha value is -1.34. The van der Waals surface area contributed by atoms with Crippen LogP contribution >= 0.6 is 15.9 Å². The molecule has 1 atom stereocenters. The van der Waals surface area contributed by atoms with E-state index in [0.717, 1.165) is 4.47 Å². The summed E-state index contributed by atoms with van der Waals surface area (Å²) in [6.45, 7) is 3.34. The molecule has 0 N–H and O–H groups in total. The molecule has 0 fully saturated rings. The Morgan fingerprint density at radius 2 is 2.31 bits per heavy atom. The maximum atomic E-state index is 11.4. The topological polar surface area (TPSA) is 50.1 Å². The number of carbonyl (C=O) groups is 1. The van der Waals surface area contributed by atoms with Crippen molar-refractivity contribution in [2.45, 2.75) is 26.4 Å². The number of Topliss-reactive ketones (excluding diaryl/α,β-unsaturated/α-hetero) is 1. The van der Waals surface area contributed by atoms with E-state index in [2.05, 4.69) is 15.9 Å². The molecule has 0 saturated heterocycles. The van der Waals surface area contributed by atoms with Crippen LogP contribution in [0.3, 0.4) is 0 Å². The first-order valence-corrected chi connectivity index (χ1v) is 5.74. The van der Waals surface area contributed by atoms with Crippen molar-refractivity contribution in [2.24, 2.45) is 0 Å². The number of hydrogen-bond donors (Lipinski definition) is 0. The van der Waals surface area contributed by atoms with Gasteiger partial charge in [-0.05, 0) is 31.5 Å². The molecule has 3 nitrogen and oxygen atoms in total. The standard InChI is InChI=1S/C12H12BrNO2/c1-3-10(7-14)16-12-6-9(13)4-5-11(12)8(2)15/h4-6,10H,3H2,1-2H3. The second-order valence-corrected chi connectivity index (χ2v) is 4.26. The lowest BCUT2D eigenvalue weighted by molar-refractivity contribution is 0.101. The van der Waals surface area contributed by atoms with Crippen molar-refractivity contribution in [1.82, 2.24) is 0 Å². The van der Waals surface area contributed by atoms with Crippen molar-refractivity contribution in [3.05, 3.63) is 28.2 Å². The van der Waals surface area contributed by atoms with Gasteiger partial charge in [0.15, 0.2) is 11.9 Å². The van der Waals surface area contributed by atoms with E-state index in [1.165, 1.54) is 6.92 Å². The smallest absolute Gasteiger partial charge is 0.184 e. The third kappa shape index (κ3) is 3.07. The normalized spacial score (nSPS) is 11.6. The van der Waals surface area contributed by atoms with E-state index in [1.807, 2.05) is 13.0 Å². The van der Waals surface area contributed by atoms with Crippen LogP contribution in [0.4, 0.5) is 0 Å². The minimum Gasteiger partial charge on any atom is -0.475 e. The highest BCUT2D eigenvalue weighted by Crippen LogP contribution is 2.25. The molecule has 1 unspecified atom stereocenters. The van der Waals surface area contributed by atoms with E-state index in [9.17, 15) is 4.79 Å². The van der Waals surface area contributed by atoms with Gasteiger partial charge in [0.1, 0.15) is 11.8 Å². The molecule has 0 saturated carbocycles. The van der Waals surface area contributed by atoms with Crippen molar-refractivity contribution >= 4 is 21.7 Å². The number of hydrogen-bond acceptors (Lipinski definition) is 3. The number of ketones is 1. The molecular formula is C12H12BrNO2. The van der Waals surface area contributed by atoms with Crippen LogP contribution in [-0.2, 0) is 0 Å². The fraction of sp³-hybridized carbons (Fsp3) is 0.333. The first-order chi connectivity index (χ1) is 7.58. The summed E-state index contributed by atoms with van der Waals surface area (Å²) < 4.78 is 6.29. The van der Waals surface area contributed by atoms with Crippen LogP contribution in [0.1, 0.15) is 30.6 Å². The fourth-order valence-corrected chi connectivity index (χ4v) is 1.58. The van der Waals surface area contributed by atoms with Gasteiger partial charge in [0, 0.05) is 4.47 Å². The lowest BCUT2D eigenvalue weighted by atomic mass is 10.1. The zero-order valence-corrected chi connectivity index (χ0v) is 10.7. The molecule has 0 aromatic heterocycles. The summed E-state index contributed by atoms with van der Waals surface area (Å²) in [5, 5.41) is 8.81. The molecule has 1 aromatic carbocycles. The predicted molar refractivity (Wildman–Crippen MR) is 64.5 cm³/mol. The molecule has 0 aliphatic carbocycles. The fourth-order valence-electron chi connectivity index (χ4n) is 1.24. The molecule has 1 aromatic rings. The zero-order chi connectivity index (χ0) is 12.1. The van der Waals surface area contributed by atoms with Gasteiger partial charge in [-0.15, -0.1) is 0 Å². The number of rotatable bonds is 4. The molecule has 84 valence electrons. The highest BCUT2D eigenvalue weighted by Gasteiger charge is 2.13. The summed E-state index contributed by atoms with van der Waals surface area (Å²) in [5.41, 5.74) is 0.497. The van der Waals surface area contributed by atoms with Crippen LogP contribution in [0.2, 0.25) is 0 Å². The highest BCUT2D eigenvalue weighted by molar-refractivity contribution is 9.10. The first kappa shape index (κ1) is 12.7. The van der Waals surface area contributed by atoms with Crippen LogP contribution in [0.5, 0.6) is 5.75 Å². The summed E-state index contributed by atoms with van der Waals surface area (Å²) in [6.07, 6.45) is 0.0628. The van der Waals surface area contributed by atoms with Gasteiger partial charge in [-0.2, -0.15) is 5.26 Å². The third-order valence-corrected chi connectivity index (χ3v) is 2.60. The van der Waals surface area contributed by atoms with E-state index in [1.54, 1.807) is 18.2 Å². The maximum absolute atomic E-state index is 11.4. The van der Waals surface area contributed by atoms with Crippen molar-refractivity contribution < 1.29 is 9.53 Å². The molecule has 4 heteroatoms. The van der Waals surface area contributed by atoms with Crippen molar-refractivity contribution in [2.75, 3.05) is 0 Å². The Bertz CT molecular complexity index is 437. The second kappa shape index (κ2) is 5.66. The van der Waals surface area contributed by atoms with E-state index in [-0.39, 0.29) is 5.78 Å². The highest BCUT2D eigenvalue weighted by atomic mass is 79.9. The summed E-state index contributed by atoms with van der Waals surface area (Å²) in [5.74, 6) is 0.380. The average molecular weight is 282 g/mol. The van der Waals surface area contributed by atoms with Gasteiger partial charge in [0.2, 0.25) is 0 Å². The maximum Gasteiger partial charge on any atom is 0.184 e.